The quantitative estimate of drug-likeness (QED) is 0.638. The lowest BCUT2D eigenvalue weighted by molar-refractivity contribution is 0.222. The summed E-state index contributed by atoms with van der Waals surface area (Å²) in [6.45, 7) is 8.66. The third kappa shape index (κ3) is 7.65. The van der Waals surface area contributed by atoms with Crippen LogP contribution in [0.2, 0.25) is 0 Å². The van der Waals surface area contributed by atoms with E-state index in [9.17, 15) is 0 Å². The van der Waals surface area contributed by atoms with E-state index in [-0.39, 0.29) is 6.10 Å². The van der Waals surface area contributed by atoms with Gasteiger partial charge in [0, 0.05) is 13.1 Å². The van der Waals surface area contributed by atoms with Crippen LogP contribution >= 0.6 is 0 Å². The number of nitrogens with one attached hydrogen (secondary N) is 2. The van der Waals surface area contributed by atoms with Crippen LogP contribution in [0, 0.1) is 0 Å². The smallest absolute Gasteiger partial charge is 0.323 e. The number of nitrogens with zero attached hydrogens (tertiary/aromatic N) is 4. The van der Waals surface area contributed by atoms with Gasteiger partial charge in [-0.15, -0.1) is 0 Å². The first-order chi connectivity index (χ1) is 10.0. The topological polar surface area (TPSA) is 75.2 Å². The average Bonchev–Trinajstić information content (AvgIpc) is 2.40. The normalized spacial score (nSPS) is 11.0. The first-order valence-corrected chi connectivity index (χ1v) is 7.56. The lowest BCUT2D eigenvalue weighted by atomic mass is 10.4. The number of rotatable bonds is 10. The summed E-state index contributed by atoms with van der Waals surface area (Å²) in [5.41, 5.74) is 0. The van der Waals surface area contributed by atoms with Crippen molar-refractivity contribution in [2.75, 3.05) is 44.4 Å². The van der Waals surface area contributed by atoms with Crippen LogP contribution in [0.5, 0.6) is 6.01 Å². The first-order valence-electron chi connectivity index (χ1n) is 7.56. The van der Waals surface area contributed by atoms with Crippen LogP contribution in [0.1, 0.15) is 33.6 Å². The molecule has 0 saturated carbocycles. The van der Waals surface area contributed by atoms with Gasteiger partial charge in [0.2, 0.25) is 11.9 Å². The molecule has 1 heterocycles. The maximum Gasteiger partial charge on any atom is 0.323 e. The third-order valence-electron chi connectivity index (χ3n) is 2.55. The van der Waals surface area contributed by atoms with Crippen molar-refractivity contribution < 1.29 is 4.74 Å². The van der Waals surface area contributed by atoms with E-state index in [1.165, 1.54) is 0 Å². The minimum absolute atomic E-state index is 0.0352. The van der Waals surface area contributed by atoms with Gasteiger partial charge in [-0.3, -0.25) is 0 Å². The fourth-order valence-electron chi connectivity index (χ4n) is 1.61. The van der Waals surface area contributed by atoms with Crippen LogP contribution in [0.3, 0.4) is 0 Å². The molecule has 0 amide bonds. The molecule has 0 fully saturated rings. The summed E-state index contributed by atoms with van der Waals surface area (Å²) in [5, 5.41) is 6.39. The molecule has 0 aliphatic rings. The molecule has 1 aromatic heterocycles. The van der Waals surface area contributed by atoms with Crippen LogP contribution in [0.4, 0.5) is 11.9 Å². The molecule has 0 spiro atoms. The van der Waals surface area contributed by atoms with E-state index in [2.05, 4.69) is 51.5 Å². The lowest BCUT2D eigenvalue weighted by Gasteiger charge is -2.13. The Bertz CT molecular complexity index is 410. The molecule has 21 heavy (non-hydrogen) atoms. The van der Waals surface area contributed by atoms with Crippen molar-refractivity contribution in [3.8, 4) is 6.01 Å². The van der Waals surface area contributed by atoms with Crippen molar-refractivity contribution in [1.82, 2.24) is 19.9 Å². The molecule has 7 nitrogen and oxygen atoms in total. The Morgan fingerprint density at radius 1 is 1.05 bits per heavy atom. The summed E-state index contributed by atoms with van der Waals surface area (Å²) in [5.74, 6) is 1.11. The number of aromatic nitrogens is 3. The highest BCUT2D eigenvalue weighted by molar-refractivity contribution is 5.35. The molecular formula is C14H28N6O. The molecule has 7 heteroatoms. The van der Waals surface area contributed by atoms with Gasteiger partial charge >= 0.3 is 6.01 Å². The molecule has 0 unspecified atom stereocenters. The Hall–Kier alpha value is -1.63. The minimum Gasteiger partial charge on any atom is -0.461 e. The van der Waals surface area contributed by atoms with Crippen molar-refractivity contribution in [2.24, 2.45) is 0 Å². The summed E-state index contributed by atoms with van der Waals surface area (Å²) in [4.78, 5) is 15.1. The predicted molar refractivity (Wildman–Crippen MR) is 86.0 cm³/mol. The van der Waals surface area contributed by atoms with Crippen LogP contribution in [0.15, 0.2) is 0 Å². The van der Waals surface area contributed by atoms with Gasteiger partial charge in [0.05, 0.1) is 6.10 Å². The summed E-state index contributed by atoms with van der Waals surface area (Å²) in [6, 6.07) is 0.355. The predicted octanol–water partition coefficient (Wildman–Crippen LogP) is 1.84. The van der Waals surface area contributed by atoms with Crippen LogP contribution in [-0.2, 0) is 0 Å². The van der Waals surface area contributed by atoms with Crippen LogP contribution in [0.25, 0.3) is 0 Å². The lowest BCUT2D eigenvalue weighted by Crippen LogP contribution is -2.18. The molecule has 0 saturated heterocycles. The second-order valence-electron chi connectivity index (χ2n) is 5.44. The Labute approximate surface area is 127 Å². The molecule has 0 aliphatic carbocycles. The van der Waals surface area contributed by atoms with E-state index in [0.29, 0.717) is 17.9 Å². The molecule has 0 bridgehead atoms. The van der Waals surface area contributed by atoms with Crippen molar-refractivity contribution in [3.05, 3.63) is 0 Å². The van der Waals surface area contributed by atoms with Gasteiger partial charge in [0.1, 0.15) is 0 Å². The van der Waals surface area contributed by atoms with Crippen molar-refractivity contribution in [2.45, 2.75) is 39.7 Å². The highest BCUT2D eigenvalue weighted by atomic mass is 16.5. The average molecular weight is 296 g/mol. The number of hydrogen-bond donors (Lipinski definition) is 2. The largest absolute Gasteiger partial charge is 0.461 e. The maximum absolute atomic E-state index is 5.57. The van der Waals surface area contributed by atoms with Crippen molar-refractivity contribution in [1.29, 1.82) is 0 Å². The SMILES string of the molecule is CCCNc1nc(NCCCN(C)C)nc(OC(C)C)n1. The van der Waals surface area contributed by atoms with E-state index in [1.807, 2.05) is 13.8 Å². The Morgan fingerprint density at radius 3 is 2.19 bits per heavy atom. The van der Waals surface area contributed by atoms with Crippen LogP contribution in [-0.4, -0.2) is 59.7 Å². The molecular weight excluding hydrogens is 268 g/mol. The molecule has 120 valence electrons. The Balaban J connectivity index is 2.66. The zero-order chi connectivity index (χ0) is 15.7. The fourth-order valence-corrected chi connectivity index (χ4v) is 1.61. The molecule has 0 aromatic carbocycles. The summed E-state index contributed by atoms with van der Waals surface area (Å²) >= 11 is 0. The van der Waals surface area contributed by atoms with Gasteiger partial charge in [-0.1, -0.05) is 6.92 Å². The zero-order valence-corrected chi connectivity index (χ0v) is 13.8. The fraction of sp³-hybridized carbons (Fsp3) is 0.786. The molecule has 1 aromatic rings. The standard InChI is InChI=1S/C14H28N6O/c1-6-8-15-12-17-13(16-9-7-10-20(4)5)19-14(18-12)21-11(2)3/h11H,6-10H2,1-5H3,(H2,15,16,17,18,19). The molecule has 1 rings (SSSR count). The Kier molecular flexibility index (Phi) is 7.74. The third-order valence-corrected chi connectivity index (χ3v) is 2.55. The van der Waals surface area contributed by atoms with Gasteiger partial charge in [-0.05, 0) is 47.3 Å². The van der Waals surface area contributed by atoms with E-state index in [0.717, 1.165) is 32.5 Å². The molecule has 0 radical (unpaired) electrons. The van der Waals surface area contributed by atoms with E-state index >= 15 is 0 Å². The molecule has 0 aliphatic heterocycles. The van der Waals surface area contributed by atoms with Gasteiger partial charge in [-0.2, -0.15) is 15.0 Å². The van der Waals surface area contributed by atoms with Gasteiger partial charge in [0.25, 0.3) is 0 Å². The number of ether oxygens (including phenoxy) is 1. The van der Waals surface area contributed by atoms with E-state index in [4.69, 9.17) is 4.74 Å². The maximum atomic E-state index is 5.57. The monoisotopic (exact) mass is 296 g/mol. The second kappa shape index (κ2) is 9.33. The number of hydrogen-bond acceptors (Lipinski definition) is 7. The van der Waals surface area contributed by atoms with Gasteiger partial charge in [0.15, 0.2) is 0 Å². The van der Waals surface area contributed by atoms with E-state index in [1.54, 1.807) is 0 Å². The highest BCUT2D eigenvalue weighted by Gasteiger charge is 2.08. The van der Waals surface area contributed by atoms with Crippen LogP contribution < -0.4 is 15.4 Å². The Morgan fingerprint density at radius 2 is 1.67 bits per heavy atom. The first kappa shape index (κ1) is 17.4. The van der Waals surface area contributed by atoms with Crippen molar-refractivity contribution >= 4 is 11.9 Å². The van der Waals surface area contributed by atoms with Gasteiger partial charge in [-0.25, -0.2) is 0 Å². The minimum atomic E-state index is 0.0352. The van der Waals surface area contributed by atoms with Gasteiger partial charge < -0.3 is 20.3 Å². The number of anilines is 2. The van der Waals surface area contributed by atoms with E-state index < -0.39 is 0 Å². The molecule has 0 atom stereocenters. The second-order valence-corrected chi connectivity index (χ2v) is 5.44. The summed E-state index contributed by atoms with van der Waals surface area (Å²) in [7, 11) is 4.12. The highest BCUT2D eigenvalue weighted by Crippen LogP contribution is 2.12. The summed E-state index contributed by atoms with van der Waals surface area (Å²) < 4.78 is 5.57. The summed E-state index contributed by atoms with van der Waals surface area (Å²) in [6.07, 6.45) is 2.07. The molecule has 2 N–H and O–H groups in total. The van der Waals surface area contributed by atoms with Crippen molar-refractivity contribution in [3.63, 3.8) is 0 Å². The zero-order valence-electron chi connectivity index (χ0n) is 13.8.